The van der Waals surface area contributed by atoms with Crippen molar-refractivity contribution in [1.82, 2.24) is 0 Å². The molecule has 0 radical (unpaired) electrons. The maximum Gasteiger partial charge on any atom is 0.389 e. The number of hydrogen-bond donors (Lipinski definition) is 0. The lowest BCUT2D eigenvalue weighted by Crippen LogP contribution is -2.06. The number of rotatable bonds is 9. The molecule has 0 aliphatic heterocycles. The number of halogens is 4. The van der Waals surface area contributed by atoms with Gasteiger partial charge in [0.15, 0.2) is 0 Å². The number of unbranched alkanes of at least 4 members (excludes halogenated alkanes) is 6. The zero-order valence-corrected chi connectivity index (χ0v) is 13.3. The predicted molar refractivity (Wildman–Crippen MR) is 80.8 cm³/mol. The molecule has 0 aromatic heterocycles. The van der Waals surface area contributed by atoms with Crippen LogP contribution in [0.5, 0.6) is 0 Å². The van der Waals surface area contributed by atoms with Gasteiger partial charge in [0.25, 0.3) is 0 Å². The fourth-order valence-corrected chi connectivity index (χ4v) is 2.45. The van der Waals surface area contributed by atoms with Gasteiger partial charge in [-0.25, -0.2) is 0 Å². The summed E-state index contributed by atoms with van der Waals surface area (Å²) in [4.78, 5) is 0. The molecule has 1 aromatic carbocycles. The van der Waals surface area contributed by atoms with Crippen molar-refractivity contribution in [2.24, 2.45) is 0 Å². The molecule has 0 unspecified atom stereocenters. The van der Waals surface area contributed by atoms with Gasteiger partial charge in [0.05, 0.1) is 0 Å². The molecule has 0 heterocycles. The Morgan fingerprint density at radius 3 is 1.80 bits per heavy atom. The Hall–Kier alpha value is -0.510. The van der Waals surface area contributed by atoms with Gasteiger partial charge in [-0.05, 0) is 37.0 Å². The first-order valence-electron chi connectivity index (χ1n) is 7.28. The van der Waals surface area contributed by atoms with Crippen LogP contribution in [0.3, 0.4) is 0 Å². The predicted octanol–water partition coefficient (Wildman–Crippen LogP) is 6.67. The molecule has 4 heteroatoms. The van der Waals surface area contributed by atoms with Gasteiger partial charge < -0.3 is 0 Å². The highest BCUT2D eigenvalue weighted by Crippen LogP contribution is 2.23. The van der Waals surface area contributed by atoms with Crippen LogP contribution in [0.2, 0.25) is 0 Å². The standard InChI is InChI=1S/C16H22BrF3/c17-15-11-9-14(10-12-15)8-6-4-2-1-3-5-7-13-16(18,19)20/h9-12H,1-8,13H2. The molecule has 0 aliphatic rings. The average Bonchev–Trinajstić information content (AvgIpc) is 2.37. The van der Waals surface area contributed by atoms with Gasteiger partial charge in [-0.3, -0.25) is 0 Å². The highest BCUT2D eigenvalue weighted by atomic mass is 79.9. The molecule has 0 spiro atoms. The molecule has 1 rings (SSSR count). The number of aryl methyl sites for hydroxylation is 1. The lowest BCUT2D eigenvalue weighted by atomic mass is 10.0. The normalized spacial score (nSPS) is 11.8. The van der Waals surface area contributed by atoms with E-state index in [1.165, 1.54) is 5.56 Å². The molecule has 114 valence electrons. The fraction of sp³-hybridized carbons (Fsp3) is 0.625. The molecular formula is C16H22BrF3. The van der Waals surface area contributed by atoms with Gasteiger partial charge in [0, 0.05) is 10.9 Å². The molecule has 0 saturated carbocycles. The van der Waals surface area contributed by atoms with Gasteiger partial charge >= 0.3 is 6.18 Å². The minimum Gasteiger partial charge on any atom is -0.171 e. The first-order valence-corrected chi connectivity index (χ1v) is 8.08. The van der Waals surface area contributed by atoms with Crippen molar-refractivity contribution in [2.75, 3.05) is 0 Å². The summed E-state index contributed by atoms with van der Waals surface area (Å²) in [6, 6.07) is 8.36. The van der Waals surface area contributed by atoms with Crippen LogP contribution < -0.4 is 0 Å². The Balaban J connectivity index is 1.91. The zero-order chi connectivity index (χ0) is 14.8. The smallest absolute Gasteiger partial charge is 0.171 e. The van der Waals surface area contributed by atoms with E-state index in [0.717, 1.165) is 43.0 Å². The minimum absolute atomic E-state index is 0.280. The maximum atomic E-state index is 11.9. The van der Waals surface area contributed by atoms with Crippen molar-refractivity contribution in [3.63, 3.8) is 0 Å². The summed E-state index contributed by atoms with van der Waals surface area (Å²) in [6.45, 7) is 0. The third kappa shape index (κ3) is 9.40. The zero-order valence-electron chi connectivity index (χ0n) is 11.7. The number of benzene rings is 1. The highest BCUT2D eigenvalue weighted by molar-refractivity contribution is 9.10. The van der Waals surface area contributed by atoms with E-state index in [1.54, 1.807) is 0 Å². The van der Waals surface area contributed by atoms with E-state index in [0.29, 0.717) is 6.42 Å². The van der Waals surface area contributed by atoms with Crippen LogP contribution in [0.1, 0.15) is 56.9 Å². The molecule has 0 saturated heterocycles. The Labute approximate surface area is 127 Å². The van der Waals surface area contributed by atoms with Crippen molar-refractivity contribution in [3.05, 3.63) is 34.3 Å². The lowest BCUT2D eigenvalue weighted by molar-refractivity contribution is -0.135. The number of hydrogen-bond acceptors (Lipinski definition) is 0. The van der Waals surface area contributed by atoms with Crippen molar-refractivity contribution in [1.29, 1.82) is 0 Å². The average molecular weight is 351 g/mol. The second kappa shape index (κ2) is 9.43. The van der Waals surface area contributed by atoms with E-state index in [2.05, 4.69) is 40.2 Å². The molecule has 0 atom stereocenters. The van der Waals surface area contributed by atoms with Crippen molar-refractivity contribution >= 4 is 15.9 Å². The van der Waals surface area contributed by atoms with Gasteiger partial charge in [-0.15, -0.1) is 0 Å². The van der Waals surface area contributed by atoms with E-state index < -0.39 is 12.6 Å². The van der Waals surface area contributed by atoms with E-state index in [-0.39, 0.29) is 6.42 Å². The molecule has 20 heavy (non-hydrogen) atoms. The SMILES string of the molecule is FC(F)(F)CCCCCCCCCc1ccc(Br)cc1. The summed E-state index contributed by atoms with van der Waals surface area (Å²) in [6.07, 6.45) is 2.88. The van der Waals surface area contributed by atoms with Gasteiger partial charge in [0.1, 0.15) is 0 Å². The second-order valence-corrected chi connectivity index (χ2v) is 6.13. The van der Waals surface area contributed by atoms with Crippen molar-refractivity contribution < 1.29 is 13.2 Å². The Morgan fingerprint density at radius 2 is 1.25 bits per heavy atom. The third-order valence-corrected chi connectivity index (χ3v) is 3.87. The third-order valence-electron chi connectivity index (χ3n) is 3.34. The van der Waals surface area contributed by atoms with Crippen LogP contribution >= 0.6 is 15.9 Å². The summed E-state index contributed by atoms with van der Waals surface area (Å²) in [5.41, 5.74) is 1.35. The van der Waals surface area contributed by atoms with E-state index >= 15 is 0 Å². The van der Waals surface area contributed by atoms with Crippen molar-refractivity contribution in [2.45, 2.75) is 64.0 Å². The van der Waals surface area contributed by atoms with Crippen LogP contribution in [0.25, 0.3) is 0 Å². The number of alkyl halides is 3. The molecule has 0 aliphatic carbocycles. The summed E-state index contributed by atoms with van der Waals surface area (Å²) >= 11 is 3.41. The summed E-state index contributed by atoms with van der Waals surface area (Å²) in [7, 11) is 0. The van der Waals surface area contributed by atoms with Crippen LogP contribution in [-0.4, -0.2) is 6.18 Å². The molecule has 0 N–H and O–H groups in total. The summed E-state index contributed by atoms with van der Waals surface area (Å²) in [5, 5.41) is 0. The van der Waals surface area contributed by atoms with E-state index in [9.17, 15) is 13.2 Å². The van der Waals surface area contributed by atoms with Crippen LogP contribution in [0.4, 0.5) is 13.2 Å². The summed E-state index contributed by atoms with van der Waals surface area (Å²) < 4.78 is 36.8. The molecule has 0 fully saturated rings. The topological polar surface area (TPSA) is 0 Å². The maximum absolute atomic E-state index is 11.9. The summed E-state index contributed by atoms with van der Waals surface area (Å²) in [5.74, 6) is 0. The van der Waals surface area contributed by atoms with Crippen LogP contribution in [0, 0.1) is 0 Å². The van der Waals surface area contributed by atoms with Gasteiger partial charge in [0.2, 0.25) is 0 Å². The Bertz CT molecular complexity index is 357. The Morgan fingerprint density at radius 1 is 0.750 bits per heavy atom. The Kier molecular flexibility index (Phi) is 8.27. The van der Waals surface area contributed by atoms with E-state index in [1.807, 2.05) is 0 Å². The van der Waals surface area contributed by atoms with Gasteiger partial charge in [-0.2, -0.15) is 13.2 Å². The first kappa shape index (κ1) is 17.5. The lowest BCUT2D eigenvalue weighted by Gasteiger charge is -2.05. The molecule has 0 bridgehead atoms. The van der Waals surface area contributed by atoms with Crippen molar-refractivity contribution in [3.8, 4) is 0 Å². The molecule has 1 aromatic rings. The van der Waals surface area contributed by atoms with Crippen LogP contribution in [-0.2, 0) is 6.42 Å². The van der Waals surface area contributed by atoms with E-state index in [4.69, 9.17) is 0 Å². The van der Waals surface area contributed by atoms with Crippen LogP contribution in [0.15, 0.2) is 28.7 Å². The largest absolute Gasteiger partial charge is 0.389 e. The minimum atomic E-state index is -3.98. The monoisotopic (exact) mass is 350 g/mol. The molecule has 0 amide bonds. The molecule has 0 nitrogen and oxygen atoms in total. The second-order valence-electron chi connectivity index (χ2n) is 5.22. The fourth-order valence-electron chi connectivity index (χ4n) is 2.19. The highest BCUT2D eigenvalue weighted by Gasteiger charge is 2.25. The quantitative estimate of drug-likeness (QED) is 0.436. The van der Waals surface area contributed by atoms with Gasteiger partial charge in [-0.1, -0.05) is 60.2 Å². The molecular weight excluding hydrogens is 329 g/mol. The first-order chi connectivity index (χ1) is 9.47.